The van der Waals surface area contributed by atoms with Gasteiger partial charge in [-0.05, 0) is 24.5 Å². The third-order valence-corrected chi connectivity index (χ3v) is 3.90. The third-order valence-electron chi connectivity index (χ3n) is 3.90. The highest BCUT2D eigenvalue weighted by Gasteiger charge is 2.28. The number of carbonyl (C=O) groups is 1. The monoisotopic (exact) mass is 278 g/mol. The van der Waals surface area contributed by atoms with E-state index in [4.69, 9.17) is 15.2 Å². The fourth-order valence-corrected chi connectivity index (χ4v) is 2.49. The van der Waals surface area contributed by atoms with Gasteiger partial charge in [0, 0.05) is 25.2 Å². The second-order valence-corrected chi connectivity index (χ2v) is 5.25. The van der Waals surface area contributed by atoms with Crippen molar-refractivity contribution in [1.82, 2.24) is 4.90 Å². The summed E-state index contributed by atoms with van der Waals surface area (Å²) in [5, 5.41) is 0. The summed E-state index contributed by atoms with van der Waals surface area (Å²) in [6.45, 7) is 3.46. The lowest BCUT2D eigenvalue weighted by atomic mass is 9.94. The van der Waals surface area contributed by atoms with E-state index in [2.05, 4.69) is 6.92 Å². The molecule has 1 saturated heterocycles. The van der Waals surface area contributed by atoms with E-state index in [0.29, 0.717) is 36.1 Å². The lowest BCUT2D eigenvalue weighted by molar-refractivity contribution is 0.0661. The Kier molecular flexibility index (Phi) is 4.49. The zero-order valence-electron chi connectivity index (χ0n) is 12.3. The third kappa shape index (κ3) is 2.88. The number of likely N-dealkylation sites (tertiary alicyclic amines) is 1. The standard InChI is InChI=1S/C15H22N2O3/c1-10-9-17(7-6-13(10)16)15(18)12-5-4-11(19-2)8-14(12)20-3/h4-5,8,10,13H,6-7,9,16H2,1-3H3. The summed E-state index contributed by atoms with van der Waals surface area (Å²) >= 11 is 0. The molecular formula is C15H22N2O3. The summed E-state index contributed by atoms with van der Waals surface area (Å²) in [6, 6.07) is 5.43. The number of nitrogens with zero attached hydrogens (tertiary/aromatic N) is 1. The first kappa shape index (κ1) is 14.7. The lowest BCUT2D eigenvalue weighted by Crippen LogP contribution is -2.48. The summed E-state index contributed by atoms with van der Waals surface area (Å²) in [5.41, 5.74) is 6.56. The number of hydrogen-bond donors (Lipinski definition) is 1. The van der Waals surface area contributed by atoms with Crippen molar-refractivity contribution in [2.24, 2.45) is 11.7 Å². The number of rotatable bonds is 3. The topological polar surface area (TPSA) is 64.8 Å². The van der Waals surface area contributed by atoms with Crippen LogP contribution in [0.4, 0.5) is 0 Å². The number of methoxy groups -OCH3 is 2. The lowest BCUT2D eigenvalue weighted by Gasteiger charge is -2.35. The number of amides is 1. The molecule has 1 aliphatic heterocycles. The predicted octanol–water partition coefficient (Wildman–Crippen LogP) is 1.51. The molecule has 1 aromatic rings. The van der Waals surface area contributed by atoms with Crippen molar-refractivity contribution in [3.05, 3.63) is 23.8 Å². The Morgan fingerprint density at radius 1 is 1.35 bits per heavy atom. The second kappa shape index (κ2) is 6.13. The molecule has 0 aliphatic carbocycles. The van der Waals surface area contributed by atoms with Crippen molar-refractivity contribution in [2.45, 2.75) is 19.4 Å². The molecule has 0 bridgehead atoms. The zero-order valence-corrected chi connectivity index (χ0v) is 12.3. The highest BCUT2D eigenvalue weighted by molar-refractivity contribution is 5.97. The minimum Gasteiger partial charge on any atom is -0.497 e. The van der Waals surface area contributed by atoms with Gasteiger partial charge in [-0.15, -0.1) is 0 Å². The number of piperidine rings is 1. The van der Waals surface area contributed by atoms with Crippen molar-refractivity contribution in [2.75, 3.05) is 27.3 Å². The van der Waals surface area contributed by atoms with E-state index < -0.39 is 0 Å². The van der Waals surface area contributed by atoms with Gasteiger partial charge in [-0.25, -0.2) is 0 Å². The molecule has 5 nitrogen and oxygen atoms in total. The van der Waals surface area contributed by atoms with Crippen molar-refractivity contribution >= 4 is 5.91 Å². The molecule has 1 fully saturated rings. The van der Waals surface area contributed by atoms with Gasteiger partial charge in [0.15, 0.2) is 0 Å². The number of ether oxygens (including phenoxy) is 2. The fourth-order valence-electron chi connectivity index (χ4n) is 2.49. The van der Waals surface area contributed by atoms with Crippen molar-refractivity contribution in [3.8, 4) is 11.5 Å². The Morgan fingerprint density at radius 3 is 2.70 bits per heavy atom. The molecule has 0 aromatic heterocycles. The Labute approximate surface area is 119 Å². The van der Waals surface area contributed by atoms with Crippen LogP contribution in [0, 0.1) is 5.92 Å². The van der Waals surface area contributed by atoms with E-state index in [9.17, 15) is 4.79 Å². The second-order valence-electron chi connectivity index (χ2n) is 5.25. The van der Waals surface area contributed by atoms with Crippen LogP contribution in [-0.2, 0) is 0 Å². The van der Waals surface area contributed by atoms with E-state index in [1.54, 1.807) is 32.4 Å². The Hall–Kier alpha value is -1.75. The fraction of sp³-hybridized carbons (Fsp3) is 0.533. The van der Waals surface area contributed by atoms with Crippen LogP contribution in [-0.4, -0.2) is 44.2 Å². The SMILES string of the molecule is COc1ccc(C(=O)N2CCC(N)C(C)C2)c(OC)c1. The van der Waals surface area contributed by atoms with E-state index in [1.165, 1.54) is 0 Å². The van der Waals surface area contributed by atoms with Gasteiger partial charge in [-0.2, -0.15) is 0 Å². The largest absolute Gasteiger partial charge is 0.497 e. The maximum Gasteiger partial charge on any atom is 0.257 e. The van der Waals surface area contributed by atoms with Crippen LogP contribution >= 0.6 is 0 Å². The van der Waals surface area contributed by atoms with Gasteiger partial charge in [-0.3, -0.25) is 4.79 Å². The van der Waals surface area contributed by atoms with Crippen LogP contribution in [0.1, 0.15) is 23.7 Å². The van der Waals surface area contributed by atoms with E-state index in [-0.39, 0.29) is 11.9 Å². The predicted molar refractivity (Wildman–Crippen MR) is 77.2 cm³/mol. The van der Waals surface area contributed by atoms with Gasteiger partial charge < -0.3 is 20.1 Å². The number of nitrogens with two attached hydrogens (primary N) is 1. The molecule has 2 unspecified atom stereocenters. The molecule has 2 N–H and O–H groups in total. The molecule has 5 heteroatoms. The number of benzene rings is 1. The number of hydrogen-bond acceptors (Lipinski definition) is 4. The molecule has 20 heavy (non-hydrogen) atoms. The molecule has 0 radical (unpaired) electrons. The van der Waals surface area contributed by atoms with Gasteiger partial charge in [-0.1, -0.05) is 6.92 Å². The minimum atomic E-state index is -0.0109. The quantitative estimate of drug-likeness (QED) is 0.910. The Bertz CT molecular complexity index is 490. The smallest absolute Gasteiger partial charge is 0.257 e. The first-order valence-corrected chi connectivity index (χ1v) is 6.83. The average Bonchev–Trinajstić information content (AvgIpc) is 2.48. The van der Waals surface area contributed by atoms with Crippen LogP contribution in [0.2, 0.25) is 0 Å². The van der Waals surface area contributed by atoms with Crippen molar-refractivity contribution < 1.29 is 14.3 Å². The normalized spacial score (nSPS) is 22.5. The highest BCUT2D eigenvalue weighted by Crippen LogP contribution is 2.27. The molecule has 0 saturated carbocycles. The van der Waals surface area contributed by atoms with E-state index in [1.807, 2.05) is 4.90 Å². The van der Waals surface area contributed by atoms with E-state index >= 15 is 0 Å². The maximum atomic E-state index is 12.6. The summed E-state index contributed by atoms with van der Waals surface area (Å²) in [4.78, 5) is 14.4. The first-order chi connectivity index (χ1) is 9.56. The molecule has 1 heterocycles. The number of carbonyl (C=O) groups excluding carboxylic acids is 1. The Balaban J connectivity index is 2.20. The van der Waals surface area contributed by atoms with Crippen LogP contribution in [0.15, 0.2) is 18.2 Å². The summed E-state index contributed by atoms with van der Waals surface area (Å²) in [7, 11) is 3.14. The molecule has 2 atom stereocenters. The molecule has 110 valence electrons. The molecule has 1 aliphatic rings. The van der Waals surface area contributed by atoms with Gasteiger partial charge in [0.1, 0.15) is 11.5 Å². The van der Waals surface area contributed by atoms with Gasteiger partial charge in [0.05, 0.1) is 19.8 Å². The van der Waals surface area contributed by atoms with Crippen LogP contribution in [0.3, 0.4) is 0 Å². The van der Waals surface area contributed by atoms with Gasteiger partial charge in [0.2, 0.25) is 0 Å². The van der Waals surface area contributed by atoms with Crippen molar-refractivity contribution in [3.63, 3.8) is 0 Å². The van der Waals surface area contributed by atoms with Gasteiger partial charge >= 0.3 is 0 Å². The molecular weight excluding hydrogens is 256 g/mol. The van der Waals surface area contributed by atoms with Crippen LogP contribution < -0.4 is 15.2 Å². The summed E-state index contributed by atoms with van der Waals surface area (Å²) in [5.74, 6) is 1.52. The minimum absolute atomic E-state index is 0.0109. The molecule has 0 spiro atoms. The molecule has 2 rings (SSSR count). The van der Waals surface area contributed by atoms with Crippen LogP contribution in [0.5, 0.6) is 11.5 Å². The molecule has 1 aromatic carbocycles. The maximum absolute atomic E-state index is 12.6. The zero-order chi connectivity index (χ0) is 14.7. The molecule has 1 amide bonds. The summed E-state index contributed by atoms with van der Waals surface area (Å²) < 4.78 is 10.4. The van der Waals surface area contributed by atoms with E-state index in [0.717, 1.165) is 6.42 Å². The Morgan fingerprint density at radius 2 is 2.10 bits per heavy atom. The van der Waals surface area contributed by atoms with Crippen LogP contribution in [0.25, 0.3) is 0 Å². The average molecular weight is 278 g/mol. The summed E-state index contributed by atoms with van der Waals surface area (Å²) in [6.07, 6.45) is 0.839. The first-order valence-electron chi connectivity index (χ1n) is 6.83. The van der Waals surface area contributed by atoms with Gasteiger partial charge in [0.25, 0.3) is 5.91 Å². The van der Waals surface area contributed by atoms with Crippen molar-refractivity contribution in [1.29, 1.82) is 0 Å². The highest BCUT2D eigenvalue weighted by atomic mass is 16.5.